The third kappa shape index (κ3) is 4.31. The largest absolute Gasteiger partial charge is 0.496 e. The molecule has 0 amide bonds. The molecule has 2 aromatic rings. The van der Waals surface area contributed by atoms with Gasteiger partial charge in [0.25, 0.3) is 0 Å². The summed E-state index contributed by atoms with van der Waals surface area (Å²) < 4.78 is 51.0. The summed E-state index contributed by atoms with van der Waals surface area (Å²) >= 11 is 0. The normalized spacial score (nSPS) is 12.8. The first-order valence-corrected chi connectivity index (χ1v) is 8.78. The Balaban J connectivity index is 2.15. The van der Waals surface area contributed by atoms with Crippen LogP contribution in [0.2, 0.25) is 0 Å². The average molecular weight is 353 g/mol. The topological polar surface area (TPSA) is 64.6 Å². The summed E-state index contributed by atoms with van der Waals surface area (Å²) in [6.45, 7) is 1.76. The Bertz CT molecular complexity index is 808. The lowest BCUT2D eigenvalue weighted by Gasteiger charge is -2.17. The molecule has 0 aromatic heterocycles. The zero-order valence-corrected chi connectivity index (χ0v) is 14.6. The summed E-state index contributed by atoms with van der Waals surface area (Å²) in [5.41, 5.74) is 1.28. The van der Waals surface area contributed by atoms with E-state index in [2.05, 4.69) is 4.72 Å². The van der Waals surface area contributed by atoms with E-state index >= 15 is 0 Å². The van der Waals surface area contributed by atoms with Crippen molar-refractivity contribution in [1.82, 2.24) is 4.72 Å². The Labute approximate surface area is 141 Å². The SMILES string of the molecule is COc1ccc(S(=O)(=O)NCC(OC)c2cccc(F)c2)cc1C. The molecule has 0 fully saturated rings. The number of benzene rings is 2. The lowest BCUT2D eigenvalue weighted by molar-refractivity contribution is 0.107. The van der Waals surface area contributed by atoms with Crippen molar-refractivity contribution in [2.24, 2.45) is 0 Å². The standard InChI is InChI=1S/C17H20FNO4S/c1-12-9-15(7-8-16(12)22-2)24(20,21)19-11-17(23-3)13-5-4-6-14(18)10-13/h4-10,17,19H,11H2,1-3H3. The quantitative estimate of drug-likeness (QED) is 0.831. The van der Waals surface area contributed by atoms with Crippen LogP contribution in [0.4, 0.5) is 4.39 Å². The van der Waals surface area contributed by atoms with Gasteiger partial charge in [0, 0.05) is 13.7 Å². The van der Waals surface area contributed by atoms with Crippen molar-refractivity contribution in [3.8, 4) is 5.75 Å². The molecule has 24 heavy (non-hydrogen) atoms. The smallest absolute Gasteiger partial charge is 0.240 e. The Morgan fingerprint density at radius 2 is 1.92 bits per heavy atom. The van der Waals surface area contributed by atoms with Gasteiger partial charge in [-0.2, -0.15) is 0 Å². The predicted octanol–water partition coefficient (Wildman–Crippen LogP) is 2.81. The van der Waals surface area contributed by atoms with Crippen LogP contribution in [0.25, 0.3) is 0 Å². The first kappa shape index (κ1) is 18.4. The minimum atomic E-state index is -3.71. The lowest BCUT2D eigenvalue weighted by Crippen LogP contribution is -2.29. The van der Waals surface area contributed by atoms with Crippen LogP contribution < -0.4 is 9.46 Å². The van der Waals surface area contributed by atoms with Crippen LogP contribution in [0.1, 0.15) is 17.2 Å². The summed E-state index contributed by atoms with van der Waals surface area (Å²) in [6.07, 6.45) is -0.588. The minimum absolute atomic E-state index is 0.00658. The Morgan fingerprint density at radius 3 is 2.50 bits per heavy atom. The zero-order chi connectivity index (χ0) is 17.7. The number of sulfonamides is 1. The van der Waals surface area contributed by atoms with Crippen molar-refractivity contribution >= 4 is 10.0 Å². The molecule has 0 aliphatic carbocycles. The second-order valence-electron chi connectivity index (χ2n) is 5.26. The van der Waals surface area contributed by atoms with Crippen molar-refractivity contribution in [1.29, 1.82) is 0 Å². The van der Waals surface area contributed by atoms with Crippen LogP contribution in [0.5, 0.6) is 5.75 Å². The second kappa shape index (κ2) is 7.74. The summed E-state index contributed by atoms with van der Waals surface area (Å²) in [4.78, 5) is 0.134. The molecule has 0 aliphatic rings. The summed E-state index contributed by atoms with van der Waals surface area (Å²) in [5.74, 6) is 0.215. The van der Waals surface area contributed by atoms with E-state index in [1.54, 1.807) is 25.1 Å². The number of hydrogen-bond acceptors (Lipinski definition) is 4. The highest BCUT2D eigenvalue weighted by molar-refractivity contribution is 7.89. The molecular weight excluding hydrogens is 333 g/mol. The Hall–Kier alpha value is -1.96. The molecule has 5 nitrogen and oxygen atoms in total. The zero-order valence-electron chi connectivity index (χ0n) is 13.7. The number of nitrogens with one attached hydrogen (secondary N) is 1. The molecule has 1 unspecified atom stereocenters. The molecular formula is C17H20FNO4S. The Kier molecular flexibility index (Phi) is 5.93. The van der Waals surface area contributed by atoms with Crippen molar-refractivity contribution < 1.29 is 22.3 Å². The van der Waals surface area contributed by atoms with Gasteiger partial charge < -0.3 is 9.47 Å². The van der Waals surface area contributed by atoms with Crippen molar-refractivity contribution in [2.45, 2.75) is 17.9 Å². The minimum Gasteiger partial charge on any atom is -0.496 e. The highest BCUT2D eigenvalue weighted by atomic mass is 32.2. The van der Waals surface area contributed by atoms with Crippen LogP contribution in [0.3, 0.4) is 0 Å². The van der Waals surface area contributed by atoms with Gasteiger partial charge in [0.2, 0.25) is 10.0 Å². The van der Waals surface area contributed by atoms with Gasteiger partial charge in [-0.1, -0.05) is 12.1 Å². The van der Waals surface area contributed by atoms with Gasteiger partial charge in [0.1, 0.15) is 11.6 Å². The van der Waals surface area contributed by atoms with Crippen LogP contribution >= 0.6 is 0 Å². The predicted molar refractivity (Wildman–Crippen MR) is 89.1 cm³/mol. The molecule has 130 valence electrons. The number of halogens is 1. The lowest BCUT2D eigenvalue weighted by atomic mass is 10.1. The van der Waals surface area contributed by atoms with E-state index in [0.29, 0.717) is 16.9 Å². The molecule has 7 heteroatoms. The van der Waals surface area contributed by atoms with E-state index in [1.807, 2.05) is 0 Å². The van der Waals surface area contributed by atoms with E-state index in [1.165, 1.54) is 38.5 Å². The molecule has 0 saturated carbocycles. The van der Waals surface area contributed by atoms with Crippen LogP contribution in [-0.4, -0.2) is 29.2 Å². The van der Waals surface area contributed by atoms with E-state index in [9.17, 15) is 12.8 Å². The van der Waals surface area contributed by atoms with Gasteiger partial charge in [-0.05, 0) is 48.4 Å². The van der Waals surface area contributed by atoms with Crippen LogP contribution in [0, 0.1) is 12.7 Å². The number of ether oxygens (including phenoxy) is 2. The summed E-state index contributed by atoms with van der Waals surface area (Å²) in [5, 5.41) is 0. The molecule has 0 radical (unpaired) electrons. The monoisotopic (exact) mass is 353 g/mol. The highest BCUT2D eigenvalue weighted by Crippen LogP contribution is 2.22. The van der Waals surface area contributed by atoms with Gasteiger partial charge in [-0.3, -0.25) is 0 Å². The van der Waals surface area contributed by atoms with Gasteiger partial charge in [0.05, 0.1) is 18.1 Å². The van der Waals surface area contributed by atoms with Gasteiger partial charge in [-0.15, -0.1) is 0 Å². The van der Waals surface area contributed by atoms with Crippen molar-refractivity contribution in [2.75, 3.05) is 20.8 Å². The van der Waals surface area contributed by atoms with Crippen LogP contribution in [-0.2, 0) is 14.8 Å². The molecule has 0 spiro atoms. The van der Waals surface area contributed by atoms with Gasteiger partial charge in [-0.25, -0.2) is 17.5 Å². The Morgan fingerprint density at radius 1 is 1.17 bits per heavy atom. The summed E-state index contributed by atoms with van der Waals surface area (Å²) in [6, 6.07) is 10.5. The molecule has 0 heterocycles. The number of aryl methyl sites for hydroxylation is 1. The van der Waals surface area contributed by atoms with Gasteiger partial charge in [0.15, 0.2) is 0 Å². The fraction of sp³-hybridized carbons (Fsp3) is 0.294. The fourth-order valence-corrected chi connectivity index (χ4v) is 3.45. The number of hydrogen-bond donors (Lipinski definition) is 1. The molecule has 0 saturated heterocycles. The molecule has 2 rings (SSSR count). The van der Waals surface area contributed by atoms with Crippen LogP contribution in [0.15, 0.2) is 47.4 Å². The number of rotatable bonds is 7. The highest BCUT2D eigenvalue weighted by Gasteiger charge is 2.19. The number of methoxy groups -OCH3 is 2. The first-order chi connectivity index (χ1) is 11.4. The van der Waals surface area contributed by atoms with Crippen molar-refractivity contribution in [3.05, 3.63) is 59.4 Å². The molecule has 2 aromatic carbocycles. The summed E-state index contributed by atoms with van der Waals surface area (Å²) in [7, 11) is -0.740. The van der Waals surface area contributed by atoms with Gasteiger partial charge >= 0.3 is 0 Å². The van der Waals surface area contributed by atoms with E-state index in [4.69, 9.17) is 9.47 Å². The molecule has 1 atom stereocenters. The van der Waals surface area contributed by atoms with E-state index < -0.39 is 21.9 Å². The maximum Gasteiger partial charge on any atom is 0.240 e. The third-order valence-electron chi connectivity index (χ3n) is 3.64. The average Bonchev–Trinajstić information content (AvgIpc) is 2.55. The first-order valence-electron chi connectivity index (χ1n) is 7.30. The van der Waals surface area contributed by atoms with E-state index in [0.717, 1.165) is 0 Å². The maximum absolute atomic E-state index is 13.3. The third-order valence-corrected chi connectivity index (χ3v) is 5.06. The molecule has 1 N–H and O–H groups in total. The molecule has 0 bridgehead atoms. The van der Waals surface area contributed by atoms with E-state index in [-0.39, 0.29) is 11.4 Å². The molecule has 0 aliphatic heterocycles. The van der Waals surface area contributed by atoms with Crippen molar-refractivity contribution in [3.63, 3.8) is 0 Å². The second-order valence-corrected chi connectivity index (χ2v) is 7.03. The fourth-order valence-electron chi connectivity index (χ4n) is 2.33. The maximum atomic E-state index is 13.3.